The fraction of sp³-hybridized carbons (Fsp3) is 0.571. The highest BCUT2D eigenvalue weighted by Gasteiger charge is 2.44. The van der Waals surface area contributed by atoms with Crippen LogP contribution in [-0.4, -0.2) is 45.5 Å². The van der Waals surface area contributed by atoms with E-state index in [0.29, 0.717) is 6.54 Å². The molecule has 0 aliphatic heterocycles. The first-order valence-corrected chi connectivity index (χ1v) is 9.28. The molecule has 1 aliphatic rings. The van der Waals surface area contributed by atoms with Crippen LogP contribution in [0.5, 0.6) is 0 Å². The molecule has 0 spiro atoms. The van der Waals surface area contributed by atoms with Crippen molar-refractivity contribution in [1.29, 1.82) is 0 Å². The molecule has 0 unspecified atom stereocenters. The highest BCUT2D eigenvalue weighted by atomic mass is 79.9. The van der Waals surface area contributed by atoms with Gasteiger partial charge in [-0.1, -0.05) is 28.1 Å². The highest BCUT2D eigenvalue weighted by Crippen LogP contribution is 2.48. The summed E-state index contributed by atoms with van der Waals surface area (Å²) in [6.07, 6.45) is 3.68. The molecule has 0 aromatic heterocycles. The zero-order valence-corrected chi connectivity index (χ0v) is 13.8. The lowest BCUT2D eigenvalue weighted by atomic mass is 9.95. The molecule has 1 fully saturated rings. The highest BCUT2D eigenvalue weighted by molar-refractivity contribution is 9.10. The second kappa shape index (κ2) is 5.54. The number of benzene rings is 1. The summed E-state index contributed by atoms with van der Waals surface area (Å²) in [4.78, 5) is 2.14. The Morgan fingerprint density at radius 1 is 1.26 bits per heavy atom. The second-order valence-corrected chi connectivity index (χ2v) is 8.83. The monoisotopic (exact) mass is 345 g/mol. The Morgan fingerprint density at radius 2 is 1.84 bits per heavy atom. The van der Waals surface area contributed by atoms with Crippen LogP contribution in [0.1, 0.15) is 18.4 Å². The topological polar surface area (TPSA) is 37.4 Å². The summed E-state index contributed by atoms with van der Waals surface area (Å²) in [5.41, 5.74) is 1.61. The lowest BCUT2D eigenvalue weighted by Crippen LogP contribution is -2.32. The van der Waals surface area contributed by atoms with Crippen LogP contribution in [0.25, 0.3) is 0 Å². The maximum absolute atomic E-state index is 11.2. The van der Waals surface area contributed by atoms with E-state index in [0.717, 1.165) is 11.0 Å². The second-order valence-electron chi connectivity index (χ2n) is 5.65. The SMILES string of the molecule is CN(CCS(C)(=O)=O)CC1(c2ccc(Br)cc2)CC1. The minimum absolute atomic E-state index is 0.236. The van der Waals surface area contributed by atoms with Crippen LogP contribution >= 0.6 is 15.9 Å². The van der Waals surface area contributed by atoms with Gasteiger partial charge in [-0.05, 0) is 37.6 Å². The van der Waals surface area contributed by atoms with E-state index in [1.54, 1.807) is 0 Å². The molecular formula is C14H20BrNO2S. The van der Waals surface area contributed by atoms with Gasteiger partial charge in [-0.2, -0.15) is 0 Å². The summed E-state index contributed by atoms with van der Waals surface area (Å²) in [5, 5.41) is 0. The lowest BCUT2D eigenvalue weighted by molar-refractivity contribution is 0.318. The van der Waals surface area contributed by atoms with Gasteiger partial charge in [-0.15, -0.1) is 0 Å². The average molecular weight is 346 g/mol. The average Bonchev–Trinajstić information content (AvgIpc) is 3.07. The Bertz CT molecular complexity index is 535. The van der Waals surface area contributed by atoms with Crippen molar-refractivity contribution < 1.29 is 8.42 Å². The molecule has 0 bridgehead atoms. The molecule has 0 saturated heterocycles. The molecule has 1 aliphatic carbocycles. The summed E-state index contributed by atoms with van der Waals surface area (Å²) in [6, 6.07) is 8.49. The maximum Gasteiger partial charge on any atom is 0.148 e. The van der Waals surface area contributed by atoms with E-state index in [9.17, 15) is 8.42 Å². The van der Waals surface area contributed by atoms with E-state index in [-0.39, 0.29) is 11.2 Å². The Morgan fingerprint density at radius 3 is 2.32 bits per heavy atom. The van der Waals surface area contributed by atoms with Crippen LogP contribution in [0, 0.1) is 0 Å². The molecule has 0 atom stereocenters. The number of nitrogens with zero attached hydrogens (tertiary/aromatic N) is 1. The van der Waals surface area contributed by atoms with Crippen molar-refractivity contribution in [3.8, 4) is 0 Å². The van der Waals surface area contributed by atoms with Crippen molar-refractivity contribution >= 4 is 25.8 Å². The van der Waals surface area contributed by atoms with Gasteiger partial charge < -0.3 is 4.90 Å². The van der Waals surface area contributed by atoms with Crippen molar-refractivity contribution in [3.63, 3.8) is 0 Å². The molecule has 0 radical (unpaired) electrons. The lowest BCUT2D eigenvalue weighted by Gasteiger charge is -2.24. The molecule has 19 heavy (non-hydrogen) atoms. The van der Waals surface area contributed by atoms with E-state index in [2.05, 4.69) is 45.1 Å². The van der Waals surface area contributed by atoms with Crippen molar-refractivity contribution in [1.82, 2.24) is 4.90 Å². The zero-order chi connectivity index (χ0) is 14.1. The van der Waals surface area contributed by atoms with Gasteiger partial charge in [0, 0.05) is 29.2 Å². The Hall–Kier alpha value is -0.390. The van der Waals surface area contributed by atoms with E-state index in [4.69, 9.17) is 0 Å². The van der Waals surface area contributed by atoms with E-state index < -0.39 is 9.84 Å². The Kier molecular flexibility index (Phi) is 4.38. The third kappa shape index (κ3) is 4.29. The normalized spacial score (nSPS) is 17.7. The molecule has 0 amide bonds. The zero-order valence-electron chi connectivity index (χ0n) is 11.4. The molecule has 2 rings (SSSR count). The quantitative estimate of drug-likeness (QED) is 0.794. The largest absolute Gasteiger partial charge is 0.304 e. The number of hydrogen-bond donors (Lipinski definition) is 0. The number of likely N-dealkylation sites (N-methyl/N-ethyl adjacent to an activating group) is 1. The van der Waals surface area contributed by atoms with Crippen LogP contribution in [0.2, 0.25) is 0 Å². The van der Waals surface area contributed by atoms with Gasteiger partial charge in [0.05, 0.1) is 5.75 Å². The molecular weight excluding hydrogens is 326 g/mol. The third-order valence-electron chi connectivity index (χ3n) is 3.73. The molecule has 0 heterocycles. The predicted molar refractivity (Wildman–Crippen MR) is 82.3 cm³/mol. The summed E-state index contributed by atoms with van der Waals surface area (Å²) >= 11 is 3.45. The van der Waals surface area contributed by atoms with Crippen molar-refractivity contribution in [2.24, 2.45) is 0 Å². The molecule has 1 saturated carbocycles. The Labute approximate surface area is 124 Å². The number of halogens is 1. The fourth-order valence-corrected chi connectivity index (χ4v) is 3.32. The van der Waals surface area contributed by atoms with Gasteiger partial charge in [0.15, 0.2) is 0 Å². The number of sulfone groups is 1. The van der Waals surface area contributed by atoms with E-state index in [1.165, 1.54) is 24.7 Å². The van der Waals surface area contributed by atoms with Crippen LogP contribution < -0.4 is 0 Å². The standard InChI is InChI=1S/C14H20BrNO2S/c1-16(9-10-19(2,17)18)11-14(7-8-14)12-3-5-13(15)6-4-12/h3-6H,7-11H2,1-2H3. The summed E-state index contributed by atoms with van der Waals surface area (Å²) < 4.78 is 23.5. The smallest absolute Gasteiger partial charge is 0.148 e. The van der Waals surface area contributed by atoms with E-state index >= 15 is 0 Å². The summed E-state index contributed by atoms with van der Waals surface area (Å²) in [5.74, 6) is 0.236. The maximum atomic E-state index is 11.2. The van der Waals surface area contributed by atoms with E-state index in [1.807, 2.05) is 7.05 Å². The first-order chi connectivity index (χ1) is 8.81. The number of hydrogen-bond acceptors (Lipinski definition) is 3. The van der Waals surface area contributed by atoms with Crippen molar-refractivity contribution in [3.05, 3.63) is 34.3 Å². The molecule has 3 nitrogen and oxygen atoms in total. The fourth-order valence-electron chi connectivity index (χ4n) is 2.41. The van der Waals surface area contributed by atoms with Crippen molar-refractivity contribution in [2.45, 2.75) is 18.3 Å². The third-order valence-corrected chi connectivity index (χ3v) is 5.18. The van der Waals surface area contributed by atoms with Crippen LogP contribution in [0.3, 0.4) is 0 Å². The first-order valence-electron chi connectivity index (χ1n) is 6.43. The van der Waals surface area contributed by atoms with Crippen LogP contribution in [0.4, 0.5) is 0 Å². The molecule has 0 N–H and O–H groups in total. The van der Waals surface area contributed by atoms with Gasteiger partial charge >= 0.3 is 0 Å². The summed E-state index contributed by atoms with van der Waals surface area (Å²) in [6.45, 7) is 1.54. The summed E-state index contributed by atoms with van der Waals surface area (Å²) in [7, 11) is -0.868. The molecule has 5 heteroatoms. The van der Waals surface area contributed by atoms with Gasteiger partial charge in [-0.25, -0.2) is 8.42 Å². The van der Waals surface area contributed by atoms with Gasteiger partial charge in [0.2, 0.25) is 0 Å². The predicted octanol–water partition coefficient (Wildman–Crippen LogP) is 2.46. The Balaban J connectivity index is 1.96. The number of rotatable bonds is 6. The molecule has 1 aromatic rings. The minimum atomic E-state index is -2.87. The van der Waals surface area contributed by atoms with Crippen LogP contribution in [-0.2, 0) is 15.3 Å². The molecule has 1 aromatic carbocycles. The van der Waals surface area contributed by atoms with Crippen LogP contribution in [0.15, 0.2) is 28.7 Å². The first kappa shape index (κ1) is 15.0. The minimum Gasteiger partial charge on any atom is -0.304 e. The molecule has 106 valence electrons. The van der Waals surface area contributed by atoms with Crippen molar-refractivity contribution in [2.75, 3.05) is 32.1 Å². The van der Waals surface area contributed by atoms with Gasteiger partial charge in [0.25, 0.3) is 0 Å². The van der Waals surface area contributed by atoms with Gasteiger partial charge in [0.1, 0.15) is 9.84 Å². The van der Waals surface area contributed by atoms with Gasteiger partial charge in [-0.3, -0.25) is 0 Å².